The lowest BCUT2D eigenvalue weighted by atomic mass is 9.84. The molecule has 7 heteroatoms. The third-order valence-corrected chi connectivity index (χ3v) is 6.86. The summed E-state index contributed by atoms with van der Waals surface area (Å²) < 4.78 is 0. The summed E-state index contributed by atoms with van der Waals surface area (Å²) in [5, 5.41) is 12.8. The van der Waals surface area contributed by atoms with E-state index in [1.54, 1.807) is 0 Å². The smallest absolute Gasteiger partial charge is 0.207 e. The minimum atomic E-state index is -0.408. The Morgan fingerprint density at radius 1 is 1.16 bits per heavy atom. The van der Waals surface area contributed by atoms with Crippen molar-refractivity contribution in [3.05, 3.63) is 17.6 Å². The number of aromatic nitrogens is 2. The number of hydrogen-bond donors (Lipinski definition) is 2. The second kappa shape index (κ2) is 11.4. The predicted molar refractivity (Wildman–Crippen MR) is 129 cm³/mol. The third kappa shape index (κ3) is 7.41. The van der Waals surface area contributed by atoms with E-state index in [9.17, 15) is 9.90 Å². The molecular formula is C25H43N5O2. The fourth-order valence-electron chi connectivity index (χ4n) is 4.89. The second-order valence-corrected chi connectivity index (χ2v) is 10.8. The molecule has 3 rings (SSSR count). The van der Waals surface area contributed by atoms with Crippen molar-refractivity contribution in [3.63, 3.8) is 0 Å². The minimum absolute atomic E-state index is 0.123. The van der Waals surface area contributed by atoms with Crippen LogP contribution < -0.4 is 10.2 Å². The van der Waals surface area contributed by atoms with Crippen LogP contribution in [-0.4, -0.2) is 71.3 Å². The zero-order valence-corrected chi connectivity index (χ0v) is 20.5. The molecule has 2 aliphatic rings. The van der Waals surface area contributed by atoms with Crippen molar-refractivity contribution in [3.8, 4) is 0 Å². The van der Waals surface area contributed by atoms with Crippen molar-refractivity contribution in [1.82, 2.24) is 20.2 Å². The molecule has 2 N–H and O–H groups in total. The van der Waals surface area contributed by atoms with E-state index in [1.807, 2.05) is 6.92 Å². The van der Waals surface area contributed by atoms with Crippen LogP contribution in [0.1, 0.15) is 77.7 Å². The first-order valence-corrected chi connectivity index (χ1v) is 12.5. The molecule has 2 fully saturated rings. The standard InChI is InChI=1S/C25H43N5O2/c1-19(32)16-22-17-23(28-24(27-22)25(2,3)4)30-12-5-11-29(14-15-30)13-10-20-6-8-21(9-7-20)26-18-31/h17-21,32H,5-16H2,1-4H3,(H,26,31). The monoisotopic (exact) mass is 445 g/mol. The SMILES string of the molecule is CC(O)Cc1cc(N2CCCN(CCC3CCC(NC=O)CC3)CC2)nc(C(C)(C)C)n1. The number of aliphatic hydroxyl groups excluding tert-OH is 1. The third-order valence-electron chi connectivity index (χ3n) is 6.86. The first-order valence-electron chi connectivity index (χ1n) is 12.5. The van der Waals surface area contributed by atoms with Gasteiger partial charge in [-0.15, -0.1) is 0 Å². The molecule has 0 bridgehead atoms. The summed E-state index contributed by atoms with van der Waals surface area (Å²) in [6.07, 6.45) is 8.10. The first-order chi connectivity index (χ1) is 15.2. The Hall–Kier alpha value is -1.73. The highest BCUT2D eigenvalue weighted by molar-refractivity contribution is 5.46. The number of carbonyl (C=O) groups excluding carboxylic acids is 1. The largest absolute Gasteiger partial charge is 0.393 e. The Bertz CT molecular complexity index is 726. The lowest BCUT2D eigenvalue weighted by Crippen LogP contribution is -2.35. The Kier molecular flexibility index (Phi) is 8.88. The van der Waals surface area contributed by atoms with E-state index in [2.05, 4.69) is 42.0 Å². The number of rotatable bonds is 8. The summed E-state index contributed by atoms with van der Waals surface area (Å²) in [4.78, 5) is 25.3. The normalized spacial score (nSPS) is 24.1. The van der Waals surface area contributed by atoms with Crippen LogP contribution in [0.3, 0.4) is 0 Å². The number of nitrogens with zero attached hydrogens (tertiary/aromatic N) is 4. The molecule has 2 heterocycles. The molecule has 7 nitrogen and oxygen atoms in total. The minimum Gasteiger partial charge on any atom is -0.393 e. The summed E-state index contributed by atoms with van der Waals surface area (Å²) in [6, 6.07) is 2.46. The average Bonchev–Trinajstić information content (AvgIpc) is 2.98. The maximum Gasteiger partial charge on any atom is 0.207 e. The van der Waals surface area contributed by atoms with Gasteiger partial charge in [0.05, 0.1) is 6.10 Å². The van der Waals surface area contributed by atoms with E-state index in [0.717, 1.165) is 81.7 Å². The molecule has 1 aliphatic carbocycles. The topological polar surface area (TPSA) is 81.6 Å². The van der Waals surface area contributed by atoms with Gasteiger partial charge in [-0.3, -0.25) is 4.79 Å². The molecule has 0 aromatic carbocycles. The van der Waals surface area contributed by atoms with Crippen molar-refractivity contribution in [2.45, 2.75) is 90.2 Å². The number of hydrogen-bond acceptors (Lipinski definition) is 6. The highest BCUT2D eigenvalue weighted by Crippen LogP contribution is 2.27. The summed E-state index contributed by atoms with van der Waals surface area (Å²) in [6.45, 7) is 13.6. The highest BCUT2D eigenvalue weighted by Gasteiger charge is 2.24. The van der Waals surface area contributed by atoms with Crippen molar-refractivity contribution in [2.24, 2.45) is 5.92 Å². The van der Waals surface area contributed by atoms with E-state index in [4.69, 9.17) is 9.97 Å². The van der Waals surface area contributed by atoms with Gasteiger partial charge >= 0.3 is 0 Å². The average molecular weight is 446 g/mol. The van der Waals surface area contributed by atoms with Crippen molar-refractivity contribution >= 4 is 12.2 Å². The molecule has 1 amide bonds. The van der Waals surface area contributed by atoms with Gasteiger partial charge in [-0.05, 0) is 64.5 Å². The number of aliphatic hydroxyl groups is 1. The lowest BCUT2D eigenvalue weighted by molar-refractivity contribution is -0.110. The lowest BCUT2D eigenvalue weighted by Gasteiger charge is -2.30. The predicted octanol–water partition coefficient (Wildman–Crippen LogP) is 2.90. The summed E-state index contributed by atoms with van der Waals surface area (Å²) >= 11 is 0. The number of amides is 1. The van der Waals surface area contributed by atoms with Crippen LogP contribution in [0.5, 0.6) is 0 Å². The van der Waals surface area contributed by atoms with Crippen LogP contribution in [0.2, 0.25) is 0 Å². The van der Waals surface area contributed by atoms with Gasteiger partial charge in [0.15, 0.2) is 0 Å². The Labute approximate surface area is 194 Å². The van der Waals surface area contributed by atoms with Gasteiger partial charge in [-0.25, -0.2) is 9.97 Å². The van der Waals surface area contributed by atoms with Crippen LogP contribution >= 0.6 is 0 Å². The van der Waals surface area contributed by atoms with Gasteiger partial charge < -0.3 is 20.2 Å². The Balaban J connectivity index is 1.56. The summed E-state index contributed by atoms with van der Waals surface area (Å²) in [5.74, 6) is 2.65. The van der Waals surface area contributed by atoms with Crippen molar-refractivity contribution < 1.29 is 9.90 Å². The molecule has 32 heavy (non-hydrogen) atoms. The van der Waals surface area contributed by atoms with Crippen LogP contribution in [-0.2, 0) is 16.6 Å². The fourth-order valence-corrected chi connectivity index (χ4v) is 4.89. The molecule has 1 unspecified atom stereocenters. The molecular weight excluding hydrogens is 402 g/mol. The van der Waals surface area contributed by atoms with E-state index < -0.39 is 6.10 Å². The van der Waals surface area contributed by atoms with Gasteiger partial charge in [-0.1, -0.05) is 20.8 Å². The van der Waals surface area contributed by atoms with Gasteiger partial charge in [0.1, 0.15) is 11.6 Å². The Morgan fingerprint density at radius 3 is 2.56 bits per heavy atom. The second-order valence-electron chi connectivity index (χ2n) is 10.8. The summed E-state index contributed by atoms with van der Waals surface area (Å²) in [7, 11) is 0. The van der Waals surface area contributed by atoms with E-state index >= 15 is 0 Å². The first kappa shape index (κ1) is 24.9. The molecule has 0 spiro atoms. The quantitative estimate of drug-likeness (QED) is 0.599. The van der Waals surface area contributed by atoms with Gasteiger partial charge in [0, 0.05) is 49.3 Å². The van der Waals surface area contributed by atoms with Crippen molar-refractivity contribution in [1.29, 1.82) is 0 Å². The number of anilines is 1. The molecule has 1 atom stereocenters. The zero-order chi connectivity index (χ0) is 23.1. The molecule has 1 aromatic heterocycles. The fraction of sp³-hybridized carbons (Fsp3) is 0.800. The van der Waals surface area contributed by atoms with E-state index in [-0.39, 0.29) is 5.41 Å². The van der Waals surface area contributed by atoms with Crippen LogP contribution in [0.15, 0.2) is 6.07 Å². The van der Waals surface area contributed by atoms with Crippen molar-refractivity contribution in [2.75, 3.05) is 37.6 Å². The van der Waals surface area contributed by atoms with Gasteiger partial charge in [0.2, 0.25) is 6.41 Å². The highest BCUT2D eigenvalue weighted by atomic mass is 16.3. The van der Waals surface area contributed by atoms with E-state index in [0.29, 0.717) is 12.5 Å². The van der Waals surface area contributed by atoms with Crippen LogP contribution in [0.4, 0.5) is 5.82 Å². The molecule has 0 radical (unpaired) electrons. The molecule has 180 valence electrons. The maximum absolute atomic E-state index is 10.6. The van der Waals surface area contributed by atoms with Gasteiger partial charge in [0.25, 0.3) is 0 Å². The number of nitrogens with one attached hydrogen (secondary N) is 1. The zero-order valence-electron chi connectivity index (χ0n) is 20.5. The summed E-state index contributed by atoms with van der Waals surface area (Å²) in [5.41, 5.74) is 0.803. The molecule has 1 saturated heterocycles. The molecule has 1 aliphatic heterocycles. The Morgan fingerprint density at radius 2 is 1.91 bits per heavy atom. The van der Waals surface area contributed by atoms with E-state index in [1.165, 1.54) is 19.3 Å². The number of carbonyl (C=O) groups is 1. The maximum atomic E-state index is 10.6. The van der Waals surface area contributed by atoms with Gasteiger partial charge in [-0.2, -0.15) is 0 Å². The molecule has 1 aromatic rings. The molecule has 1 saturated carbocycles. The van der Waals surface area contributed by atoms with Crippen LogP contribution in [0.25, 0.3) is 0 Å². The van der Waals surface area contributed by atoms with Crippen LogP contribution in [0, 0.1) is 5.92 Å².